The van der Waals surface area contributed by atoms with E-state index in [2.05, 4.69) is 22.8 Å². The van der Waals surface area contributed by atoms with Gasteiger partial charge in [0.25, 0.3) is 0 Å². The second-order valence-electron chi connectivity index (χ2n) is 9.07. The van der Waals surface area contributed by atoms with Crippen molar-refractivity contribution in [1.82, 2.24) is 10.6 Å². The monoisotopic (exact) mass is 470 g/mol. The smallest absolute Gasteiger partial charge is 0.408 e. The van der Waals surface area contributed by atoms with Crippen LogP contribution in [0.1, 0.15) is 47.9 Å². The Morgan fingerprint density at radius 1 is 0.886 bits per heavy atom. The van der Waals surface area contributed by atoms with Gasteiger partial charge in [0.2, 0.25) is 5.91 Å². The maximum absolute atomic E-state index is 13.0. The maximum atomic E-state index is 13.0. The molecule has 7 heteroatoms. The van der Waals surface area contributed by atoms with E-state index in [4.69, 9.17) is 4.74 Å². The van der Waals surface area contributed by atoms with E-state index < -0.39 is 29.6 Å². The van der Waals surface area contributed by atoms with Crippen molar-refractivity contribution in [3.8, 4) is 11.1 Å². The molecule has 1 saturated carbocycles. The van der Waals surface area contributed by atoms with E-state index in [1.807, 2.05) is 42.5 Å². The van der Waals surface area contributed by atoms with Crippen LogP contribution in [0.5, 0.6) is 0 Å². The molecule has 0 bridgehead atoms. The van der Waals surface area contributed by atoms with Crippen molar-refractivity contribution in [1.29, 1.82) is 0 Å². The largest absolute Gasteiger partial charge is 0.481 e. The number of carbonyl (C=O) groups is 3. The van der Waals surface area contributed by atoms with Gasteiger partial charge >= 0.3 is 12.1 Å². The molecule has 178 valence electrons. The molecule has 2 amide bonds. The average Bonchev–Trinajstić information content (AvgIpc) is 3.58. The molecule has 0 aliphatic heterocycles. The Balaban J connectivity index is 1.23. The summed E-state index contributed by atoms with van der Waals surface area (Å²) in [4.78, 5) is 37.1. The highest BCUT2D eigenvalue weighted by Crippen LogP contribution is 2.44. The molecule has 0 spiro atoms. The molecule has 0 aromatic heterocycles. The van der Waals surface area contributed by atoms with Gasteiger partial charge in [0.15, 0.2) is 0 Å². The van der Waals surface area contributed by atoms with E-state index >= 15 is 0 Å². The number of carbonyl (C=O) groups excluding carboxylic acids is 2. The van der Waals surface area contributed by atoms with Crippen LogP contribution >= 0.6 is 0 Å². The molecule has 1 unspecified atom stereocenters. The van der Waals surface area contributed by atoms with Crippen LogP contribution in [0.2, 0.25) is 0 Å². The first-order chi connectivity index (χ1) is 17.0. The molecule has 35 heavy (non-hydrogen) atoms. The minimum Gasteiger partial charge on any atom is -0.481 e. The molecular weight excluding hydrogens is 444 g/mol. The van der Waals surface area contributed by atoms with Crippen LogP contribution in [0.15, 0.2) is 78.9 Å². The van der Waals surface area contributed by atoms with Crippen LogP contribution in [0, 0.1) is 0 Å². The number of rotatable bonds is 8. The molecular formula is C28H26N2O5. The summed E-state index contributed by atoms with van der Waals surface area (Å²) in [6.07, 6.45) is 0.0282. The second-order valence-corrected chi connectivity index (χ2v) is 9.07. The maximum Gasteiger partial charge on any atom is 0.408 e. The first kappa shape index (κ1) is 22.7. The van der Waals surface area contributed by atoms with E-state index in [0.29, 0.717) is 18.4 Å². The summed E-state index contributed by atoms with van der Waals surface area (Å²) in [7, 11) is 0. The normalized spacial score (nSPS) is 15.9. The highest BCUT2D eigenvalue weighted by atomic mass is 16.5. The van der Waals surface area contributed by atoms with Gasteiger partial charge < -0.3 is 20.5 Å². The summed E-state index contributed by atoms with van der Waals surface area (Å²) in [5.74, 6) is -1.50. The molecule has 3 N–H and O–H groups in total. The van der Waals surface area contributed by atoms with Crippen molar-refractivity contribution in [2.45, 2.75) is 36.8 Å². The van der Waals surface area contributed by atoms with Gasteiger partial charge in [-0.1, -0.05) is 78.9 Å². The third-order valence-electron chi connectivity index (χ3n) is 6.76. The molecule has 1 atom stereocenters. The van der Waals surface area contributed by atoms with Crippen LogP contribution in [0.4, 0.5) is 4.79 Å². The van der Waals surface area contributed by atoms with E-state index in [0.717, 1.165) is 22.3 Å². The number of amides is 2. The van der Waals surface area contributed by atoms with E-state index in [1.165, 1.54) is 0 Å². The number of aliphatic carboxylic acids is 1. The van der Waals surface area contributed by atoms with Gasteiger partial charge in [0.1, 0.15) is 12.1 Å². The predicted molar refractivity (Wildman–Crippen MR) is 130 cm³/mol. The fourth-order valence-corrected chi connectivity index (χ4v) is 4.77. The van der Waals surface area contributed by atoms with Gasteiger partial charge in [-0.3, -0.25) is 9.59 Å². The molecule has 3 aromatic carbocycles. The molecule has 0 heterocycles. The summed E-state index contributed by atoms with van der Waals surface area (Å²) in [6, 6.07) is 24.4. The number of hydrogen-bond acceptors (Lipinski definition) is 4. The summed E-state index contributed by atoms with van der Waals surface area (Å²) in [5.41, 5.74) is 4.12. The molecule has 2 aliphatic carbocycles. The molecule has 3 aromatic rings. The average molecular weight is 471 g/mol. The summed E-state index contributed by atoms with van der Waals surface area (Å²) >= 11 is 0. The van der Waals surface area contributed by atoms with E-state index in [9.17, 15) is 19.5 Å². The Hall–Kier alpha value is -4.13. The van der Waals surface area contributed by atoms with Crippen molar-refractivity contribution in [2.24, 2.45) is 0 Å². The van der Waals surface area contributed by atoms with Gasteiger partial charge in [0, 0.05) is 5.92 Å². The zero-order chi connectivity index (χ0) is 24.4. The SMILES string of the molecule is O=C(O)CC(NC(=O)C1(NC(=O)OCC2c3ccccc3-c3ccccc32)CC1)c1ccccc1. The van der Waals surface area contributed by atoms with Crippen LogP contribution in [-0.4, -0.2) is 35.2 Å². The van der Waals surface area contributed by atoms with Gasteiger partial charge in [-0.25, -0.2) is 4.79 Å². The lowest BCUT2D eigenvalue weighted by atomic mass is 9.98. The molecule has 0 saturated heterocycles. The van der Waals surface area contributed by atoms with Gasteiger partial charge in [-0.05, 0) is 40.7 Å². The summed E-state index contributed by atoms with van der Waals surface area (Å²) in [6.45, 7) is 0.156. The zero-order valence-corrected chi connectivity index (χ0v) is 19.1. The molecule has 7 nitrogen and oxygen atoms in total. The summed E-state index contributed by atoms with van der Waals surface area (Å²) < 4.78 is 5.60. The van der Waals surface area contributed by atoms with Crippen molar-refractivity contribution in [2.75, 3.05) is 6.61 Å². The van der Waals surface area contributed by atoms with E-state index in [-0.39, 0.29) is 18.9 Å². The lowest BCUT2D eigenvalue weighted by molar-refractivity contribution is -0.138. The minimum atomic E-state index is -1.08. The Kier molecular flexibility index (Phi) is 5.99. The zero-order valence-electron chi connectivity index (χ0n) is 19.1. The quantitative estimate of drug-likeness (QED) is 0.453. The number of nitrogens with one attached hydrogen (secondary N) is 2. The van der Waals surface area contributed by atoms with Crippen molar-refractivity contribution < 1.29 is 24.2 Å². The highest BCUT2D eigenvalue weighted by Gasteiger charge is 2.52. The Labute approximate surface area is 203 Å². The number of benzene rings is 3. The third kappa shape index (κ3) is 4.62. The van der Waals surface area contributed by atoms with Gasteiger partial charge in [-0.15, -0.1) is 0 Å². The fraction of sp³-hybridized carbons (Fsp3) is 0.250. The number of carboxylic acids is 1. The predicted octanol–water partition coefficient (Wildman–Crippen LogP) is 4.39. The Morgan fingerprint density at radius 2 is 1.46 bits per heavy atom. The van der Waals surface area contributed by atoms with Crippen LogP contribution < -0.4 is 10.6 Å². The number of alkyl carbamates (subject to hydrolysis) is 1. The molecule has 0 radical (unpaired) electrons. The van der Waals surface area contributed by atoms with Crippen LogP contribution in [0.3, 0.4) is 0 Å². The standard InChI is InChI=1S/C28H26N2O5/c31-25(32)16-24(18-8-2-1-3-9-18)29-26(33)28(14-15-28)30-27(34)35-17-23-21-12-6-4-10-19(21)20-11-5-7-13-22(20)23/h1-13,23-24H,14-17H2,(H,29,33)(H,30,34)(H,31,32). The molecule has 5 rings (SSSR count). The van der Waals surface area contributed by atoms with Crippen LogP contribution in [-0.2, 0) is 14.3 Å². The van der Waals surface area contributed by atoms with E-state index in [1.54, 1.807) is 24.3 Å². The van der Waals surface area contributed by atoms with Crippen molar-refractivity contribution >= 4 is 18.0 Å². The first-order valence-electron chi connectivity index (χ1n) is 11.7. The van der Waals surface area contributed by atoms with Crippen LogP contribution in [0.25, 0.3) is 11.1 Å². The highest BCUT2D eigenvalue weighted by molar-refractivity contribution is 5.93. The Morgan fingerprint density at radius 3 is 2.03 bits per heavy atom. The van der Waals surface area contributed by atoms with Gasteiger partial charge in [0.05, 0.1) is 12.5 Å². The number of hydrogen-bond donors (Lipinski definition) is 3. The number of ether oxygens (including phenoxy) is 1. The molecule has 2 aliphatic rings. The number of carboxylic acid groups (broad SMARTS) is 1. The lowest BCUT2D eigenvalue weighted by Crippen LogP contribution is -2.50. The fourth-order valence-electron chi connectivity index (χ4n) is 4.77. The van der Waals surface area contributed by atoms with Gasteiger partial charge in [-0.2, -0.15) is 0 Å². The summed E-state index contributed by atoms with van der Waals surface area (Å²) in [5, 5.41) is 14.8. The minimum absolute atomic E-state index is 0.0739. The second kappa shape index (κ2) is 9.25. The van der Waals surface area contributed by atoms with Crippen molar-refractivity contribution in [3.63, 3.8) is 0 Å². The van der Waals surface area contributed by atoms with Crippen molar-refractivity contribution in [3.05, 3.63) is 95.6 Å². The molecule has 1 fully saturated rings. The number of fused-ring (bicyclic) bond motifs is 3. The Bertz CT molecular complexity index is 1220. The lowest BCUT2D eigenvalue weighted by Gasteiger charge is -2.23. The topological polar surface area (TPSA) is 105 Å². The first-order valence-corrected chi connectivity index (χ1v) is 11.7. The third-order valence-corrected chi connectivity index (χ3v) is 6.76.